The van der Waals surface area contributed by atoms with Gasteiger partial charge in [-0.1, -0.05) is 32.0 Å². The van der Waals surface area contributed by atoms with Crippen LogP contribution in [0.15, 0.2) is 35.5 Å². The molecule has 0 aliphatic carbocycles. The van der Waals surface area contributed by atoms with Crippen molar-refractivity contribution in [3.63, 3.8) is 0 Å². The first-order valence-corrected chi connectivity index (χ1v) is 12.5. The Hall–Kier alpha value is -4.17. The second kappa shape index (κ2) is 14.7. The smallest absolute Gasteiger partial charge is 0.328 e. The third kappa shape index (κ3) is 9.26. The van der Waals surface area contributed by atoms with Crippen molar-refractivity contribution < 1.29 is 29.4 Å². The van der Waals surface area contributed by atoms with Crippen LogP contribution in [0.3, 0.4) is 0 Å². The number of para-hydroxylation sites is 1. The van der Waals surface area contributed by atoms with Gasteiger partial charge in [-0.15, -0.1) is 0 Å². The molecule has 0 bridgehead atoms. The molecule has 1 heterocycles. The van der Waals surface area contributed by atoms with Crippen LogP contribution >= 0.6 is 0 Å². The molecule has 4 atom stereocenters. The lowest BCUT2D eigenvalue weighted by molar-refractivity contribution is -0.143. The number of H-pyrrole nitrogens is 1. The molecule has 214 valence electrons. The summed E-state index contributed by atoms with van der Waals surface area (Å²) in [5.41, 5.74) is 18.6. The molecule has 0 aliphatic heterocycles. The molecule has 3 amide bonds. The Morgan fingerprint density at radius 2 is 1.67 bits per heavy atom. The highest BCUT2D eigenvalue weighted by Gasteiger charge is 2.31. The van der Waals surface area contributed by atoms with Crippen LogP contribution in [0.2, 0.25) is 0 Å². The Balaban J connectivity index is 2.14. The fourth-order valence-corrected chi connectivity index (χ4v) is 3.92. The van der Waals surface area contributed by atoms with Crippen molar-refractivity contribution in [2.75, 3.05) is 13.2 Å². The highest BCUT2D eigenvalue weighted by Crippen LogP contribution is 2.19. The minimum Gasteiger partial charge on any atom is -0.480 e. The largest absolute Gasteiger partial charge is 0.480 e. The van der Waals surface area contributed by atoms with Gasteiger partial charge in [0.2, 0.25) is 17.7 Å². The number of aromatic amines is 1. The number of nitrogens with two attached hydrogens (primary N) is 3. The van der Waals surface area contributed by atoms with E-state index in [4.69, 9.17) is 22.3 Å². The molecule has 14 nitrogen and oxygen atoms in total. The number of nitrogens with one attached hydrogen (secondary N) is 4. The molecule has 0 radical (unpaired) electrons. The highest BCUT2D eigenvalue weighted by atomic mass is 16.4. The van der Waals surface area contributed by atoms with Gasteiger partial charge in [0.05, 0.1) is 12.6 Å². The Labute approximate surface area is 225 Å². The average Bonchev–Trinajstić information content (AvgIpc) is 3.29. The summed E-state index contributed by atoms with van der Waals surface area (Å²) >= 11 is 0. The zero-order valence-corrected chi connectivity index (χ0v) is 22.0. The number of guanidine groups is 1. The van der Waals surface area contributed by atoms with Crippen LogP contribution in [0.1, 0.15) is 32.3 Å². The van der Waals surface area contributed by atoms with Gasteiger partial charge in [-0.2, -0.15) is 0 Å². The van der Waals surface area contributed by atoms with E-state index in [1.807, 2.05) is 24.3 Å². The van der Waals surface area contributed by atoms with Crippen molar-refractivity contribution >= 4 is 40.6 Å². The zero-order chi connectivity index (χ0) is 29.1. The summed E-state index contributed by atoms with van der Waals surface area (Å²) in [6, 6.07) is 2.86. The summed E-state index contributed by atoms with van der Waals surface area (Å²) in [6.07, 6.45) is 2.46. The maximum Gasteiger partial charge on any atom is 0.328 e. The van der Waals surface area contributed by atoms with Gasteiger partial charge in [-0.25, -0.2) is 4.79 Å². The number of aliphatic hydroxyl groups is 1. The molecule has 0 fully saturated rings. The molecule has 1 aromatic carbocycles. The van der Waals surface area contributed by atoms with Crippen molar-refractivity contribution in [2.45, 2.75) is 57.3 Å². The molecule has 2 rings (SSSR count). The molecule has 2 aromatic rings. The van der Waals surface area contributed by atoms with E-state index in [1.165, 1.54) is 0 Å². The molecular formula is C25H38N8O6. The molecule has 4 unspecified atom stereocenters. The topological polar surface area (TPSA) is 251 Å². The van der Waals surface area contributed by atoms with Gasteiger partial charge >= 0.3 is 5.97 Å². The lowest BCUT2D eigenvalue weighted by Gasteiger charge is -2.27. The molecule has 39 heavy (non-hydrogen) atoms. The number of fused-ring (bicyclic) bond motifs is 1. The van der Waals surface area contributed by atoms with E-state index in [0.717, 1.165) is 16.5 Å². The van der Waals surface area contributed by atoms with Crippen LogP contribution in [0.25, 0.3) is 10.9 Å². The first-order valence-electron chi connectivity index (χ1n) is 12.5. The van der Waals surface area contributed by atoms with Crippen molar-refractivity contribution in [2.24, 2.45) is 28.1 Å². The minimum absolute atomic E-state index is 0.116. The number of rotatable bonds is 15. The first-order chi connectivity index (χ1) is 18.4. The normalized spacial score (nSPS) is 14.2. The van der Waals surface area contributed by atoms with Crippen LogP contribution in [0.5, 0.6) is 0 Å². The second-order valence-electron chi connectivity index (χ2n) is 9.49. The quantitative estimate of drug-likeness (QED) is 0.0698. The third-order valence-corrected chi connectivity index (χ3v) is 6.07. The monoisotopic (exact) mass is 546 g/mol. The number of aliphatic hydroxyl groups excluding tert-OH is 1. The van der Waals surface area contributed by atoms with E-state index in [0.29, 0.717) is 6.42 Å². The first kappa shape index (κ1) is 31.1. The van der Waals surface area contributed by atoms with E-state index in [9.17, 15) is 24.3 Å². The van der Waals surface area contributed by atoms with Gasteiger partial charge < -0.3 is 48.3 Å². The Kier molecular flexibility index (Phi) is 11.7. The molecule has 0 saturated heterocycles. The molecule has 1 aromatic heterocycles. The van der Waals surface area contributed by atoms with Crippen molar-refractivity contribution in [3.8, 4) is 0 Å². The molecule has 0 spiro atoms. The Bertz CT molecular complexity index is 1180. The van der Waals surface area contributed by atoms with Crippen LogP contribution in [0.4, 0.5) is 0 Å². The number of carbonyl (C=O) groups is 4. The maximum absolute atomic E-state index is 13.2. The van der Waals surface area contributed by atoms with E-state index in [2.05, 4.69) is 25.9 Å². The summed E-state index contributed by atoms with van der Waals surface area (Å²) in [5, 5.41) is 26.7. The van der Waals surface area contributed by atoms with Crippen LogP contribution < -0.4 is 33.2 Å². The van der Waals surface area contributed by atoms with Crippen LogP contribution in [-0.4, -0.2) is 82.2 Å². The van der Waals surface area contributed by atoms with Gasteiger partial charge in [0.25, 0.3) is 0 Å². The number of carbonyl (C=O) groups excluding carboxylic acids is 3. The van der Waals surface area contributed by atoms with Crippen molar-refractivity contribution in [3.05, 3.63) is 36.0 Å². The van der Waals surface area contributed by atoms with E-state index in [-0.39, 0.29) is 25.3 Å². The molecule has 12 N–H and O–H groups in total. The number of amides is 3. The van der Waals surface area contributed by atoms with E-state index >= 15 is 0 Å². The summed E-state index contributed by atoms with van der Waals surface area (Å²) in [7, 11) is 0. The van der Waals surface area contributed by atoms with Gasteiger partial charge in [0.15, 0.2) is 5.96 Å². The van der Waals surface area contributed by atoms with Crippen molar-refractivity contribution in [1.82, 2.24) is 20.9 Å². The lowest BCUT2D eigenvalue weighted by atomic mass is 10.0. The molecular weight excluding hydrogens is 508 g/mol. The predicted molar refractivity (Wildman–Crippen MR) is 145 cm³/mol. The van der Waals surface area contributed by atoms with Gasteiger partial charge in [-0.3, -0.25) is 19.4 Å². The summed E-state index contributed by atoms with van der Waals surface area (Å²) < 4.78 is 0. The number of carboxylic acids is 1. The second-order valence-corrected chi connectivity index (χ2v) is 9.49. The lowest BCUT2D eigenvalue weighted by Crippen LogP contribution is -2.59. The summed E-state index contributed by atoms with van der Waals surface area (Å²) in [6.45, 7) is 2.69. The fraction of sp³-hybridized carbons (Fsp3) is 0.480. The number of benzene rings is 1. The van der Waals surface area contributed by atoms with Gasteiger partial charge in [0.1, 0.15) is 18.1 Å². The summed E-state index contributed by atoms with van der Waals surface area (Å²) in [4.78, 5) is 57.2. The van der Waals surface area contributed by atoms with E-state index in [1.54, 1.807) is 20.0 Å². The van der Waals surface area contributed by atoms with Crippen LogP contribution in [-0.2, 0) is 25.6 Å². The number of carboxylic acid groups (broad SMARTS) is 1. The minimum atomic E-state index is -1.53. The highest BCUT2D eigenvalue weighted by molar-refractivity contribution is 5.94. The molecule has 0 saturated carbocycles. The number of aliphatic carboxylic acids is 1. The van der Waals surface area contributed by atoms with E-state index < -0.39 is 60.4 Å². The zero-order valence-electron chi connectivity index (χ0n) is 22.0. The fourth-order valence-electron chi connectivity index (χ4n) is 3.92. The van der Waals surface area contributed by atoms with Crippen molar-refractivity contribution in [1.29, 1.82) is 0 Å². The number of nitrogens with zero attached hydrogens (tertiary/aromatic N) is 1. The standard InChI is InChI=1S/C25H38N8O6/c1-13(2)20(23(37)32-19(12-34)24(38)39)33-22(36)18(8-5-9-29-25(27)28)31-21(35)16(26)10-14-11-30-17-7-4-3-6-15(14)17/h3-4,6-7,11,13,16,18-20,30,34H,5,8-10,12,26H2,1-2H3,(H,31,35)(H,32,37)(H,33,36)(H,38,39)(H4,27,28,29). The van der Waals surface area contributed by atoms with Gasteiger partial charge in [0, 0.05) is 23.6 Å². The SMILES string of the molecule is CC(C)C(NC(=O)C(CCCN=C(N)N)NC(=O)C(N)Cc1c[nH]c2ccccc12)C(=O)NC(CO)C(=O)O. The Morgan fingerprint density at radius 3 is 2.28 bits per heavy atom. The number of aliphatic imine (C=N–C) groups is 1. The Morgan fingerprint density at radius 1 is 1.00 bits per heavy atom. The number of aromatic nitrogens is 1. The third-order valence-electron chi connectivity index (χ3n) is 6.07. The molecule has 14 heteroatoms. The average molecular weight is 547 g/mol. The number of hydrogen-bond acceptors (Lipinski definition) is 7. The molecule has 0 aliphatic rings. The number of hydrogen-bond donors (Lipinski definition) is 9. The van der Waals surface area contributed by atoms with Crippen LogP contribution in [0, 0.1) is 5.92 Å². The summed E-state index contributed by atoms with van der Waals surface area (Å²) in [5.74, 6) is -4.01. The van der Waals surface area contributed by atoms with Gasteiger partial charge in [-0.05, 0) is 36.8 Å². The predicted octanol–water partition coefficient (Wildman–Crippen LogP) is -1.72. The maximum atomic E-state index is 13.2.